The van der Waals surface area contributed by atoms with Gasteiger partial charge in [-0.2, -0.15) is 5.26 Å². The third kappa shape index (κ3) is 3.26. The Morgan fingerprint density at radius 3 is 2.82 bits per heavy atom. The molecule has 0 unspecified atom stereocenters. The van der Waals surface area contributed by atoms with E-state index in [9.17, 15) is 4.39 Å². The van der Waals surface area contributed by atoms with Crippen molar-refractivity contribution in [2.45, 2.75) is 25.4 Å². The van der Waals surface area contributed by atoms with Gasteiger partial charge in [-0.1, -0.05) is 12.1 Å². The second-order valence-electron chi connectivity index (χ2n) is 5.42. The number of ether oxygens (including phenoxy) is 1. The lowest BCUT2D eigenvalue weighted by molar-refractivity contribution is 0.315. The highest BCUT2D eigenvalue weighted by molar-refractivity contribution is 5.37. The minimum atomic E-state index is -0.241. The lowest BCUT2D eigenvalue weighted by Crippen LogP contribution is -2.20. The zero-order chi connectivity index (χ0) is 15.4. The topological polar surface area (TPSA) is 45.0 Å². The minimum Gasteiger partial charge on any atom is -0.493 e. The van der Waals surface area contributed by atoms with Crippen LogP contribution in [-0.4, -0.2) is 6.61 Å². The number of rotatable bonds is 3. The van der Waals surface area contributed by atoms with Gasteiger partial charge in [0.05, 0.1) is 18.2 Å². The summed E-state index contributed by atoms with van der Waals surface area (Å²) in [5, 5.41) is 12.3. The molecule has 1 atom stereocenters. The number of fused-ring (bicyclic) bond motifs is 1. The standard InChI is InChI=1S/C18H17FN2O/c19-15-7-8-18-16(10-15)17(2-1-9-22-18)21-12-14-5-3-13(11-20)4-6-14/h3-8,10,17,21H,1-2,9,12H2/t17-/m0/s1. The molecule has 1 heterocycles. The van der Waals surface area contributed by atoms with Gasteiger partial charge in [0.25, 0.3) is 0 Å². The number of nitrogens with zero attached hydrogens (tertiary/aromatic N) is 1. The number of benzene rings is 2. The first kappa shape index (κ1) is 14.6. The van der Waals surface area contributed by atoms with Gasteiger partial charge in [0.2, 0.25) is 0 Å². The van der Waals surface area contributed by atoms with Gasteiger partial charge < -0.3 is 10.1 Å². The lowest BCUT2D eigenvalue weighted by atomic mass is 10.0. The molecule has 0 aliphatic carbocycles. The summed E-state index contributed by atoms with van der Waals surface area (Å²) >= 11 is 0. The van der Waals surface area contributed by atoms with Gasteiger partial charge >= 0.3 is 0 Å². The van der Waals surface area contributed by atoms with Crippen LogP contribution < -0.4 is 10.1 Å². The Labute approximate surface area is 129 Å². The molecule has 22 heavy (non-hydrogen) atoms. The lowest BCUT2D eigenvalue weighted by Gasteiger charge is -2.18. The van der Waals surface area contributed by atoms with Crippen molar-refractivity contribution in [1.82, 2.24) is 5.32 Å². The van der Waals surface area contributed by atoms with Crippen molar-refractivity contribution in [3.8, 4) is 11.8 Å². The Bertz CT molecular complexity index is 691. The van der Waals surface area contributed by atoms with Crippen LogP contribution in [0.4, 0.5) is 4.39 Å². The van der Waals surface area contributed by atoms with Crippen molar-refractivity contribution < 1.29 is 9.13 Å². The smallest absolute Gasteiger partial charge is 0.124 e. The maximum atomic E-state index is 13.5. The first-order chi connectivity index (χ1) is 10.8. The molecule has 3 rings (SSSR count). The summed E-state index contributed by atoms with van der Waals surface area (Å²) in [6.45, 7) is 1.33. The molecule has 3 nitrogen and oxygen atoms in total. The molecular weight excluding hydrogens is 279 g/mol. The predicted molar refractivity (Wildman–Crippen MR) is 81.9 cm³/mol. The molecule has 0 bridgehead atoms. The van der Waals surface area contributed by atoms with E-state index in [1.54, 1.807) is 24.3 Å². The summed E-state index contributed by atoms with van der Waals surface area (Å²) in [6.07, 6.45) is 1.84. The van der Waals surface area contributed by atoms with E-state index < -0.39 is 0 Å². The van der Waals surface area contributed by atoms with E-state index in [-0.39, 0.29) is 11.9 Å². The van der Waals surface area contributed by atoms with E-state index >= 15 is 0 Å². The molecule has 0 radical (unpaired) electrons. The van der Waals surface area contributed by atoms with Crippen LogP contribution in [0.3, 0.4) is 0 Å². The molecule has 0 saturated carbocycles. The molecule has 0 spiro atoms. The molecule has 0 fully saturated rings. The first-order valence-electron chi connectivity index (χ1n) is 7.41. The SMILES string of the molecule is N#Cc1ccc(CN[C@H]2CCCOc3ccc(F)cc32)cc1. The molecule has 4 heteroatoms. The molecule has 1 aliphatic heterocycles. The summed E-state index contributed by atoms with van der Waals surface area (Å²) in [7, 11) is 0. The Morgan fingerprint density at radius 2 is 2.05 bits per heavy atom. The van der Waals surface area contributed by atoms with Crippen molar-refractivity contribution in [1.29, 1.82) is 5.26 Å². The Hall–Kier alpha value is -2.38. The second kappa shape index (κ2) is 6.59. The van der Waals surface area contributed by atoms with E-state index in [1.807, 2.05) is 12.1 Å². The zero-order valence-corrected chi connectivity index (χ0v) is 12.2. The fourth-order valence-electron chi connectivity index (χ4n) is 2.70. The maximum absolute atomic E-state index is 13.5. The van der Waals surface area contributed by atoms with Crippen molar-refractivity contribution >= 4 is 0 Å². The predicted octanol–water partition coefficient (Wildman–Crippen LogP) is 3.70. The second-order valence-corrected chi connectivity index (χ2v) is 5.42. The monoisotopic (exact) mass is 296 g/mol. The molecule has 2 aromatic rings. The average molecular weight is 296 g/mol. The van der Waals surface area contributed by atoms with Crippen molar-refractivity contribution in [3.63, 3.8) is 0 Å². The third-order valence-electron chi connectivity index (χ3n) is 3.88. The van der Waals surface area contributed by atoms with E-state index in [1.165, 1.54) is 6.07 Å². The Balaban J connectivity index is 1.74. The van der Waals surface area contributed by atoms with E-state index in [2.05, 4.69) is 11.4 Å². The molecule has 1 aliphatic rings. The van der Waals surface area contributed by atoms with Crippen molar-refractivity contribution in [2.75, 3.05) is 6.61 Å². The van der Waals surface area contributed by atoms with Crippen molar-refractivity contribution in [2.24, 2.45) is 0 Å². The van der Waals surface area contributed by atoms with Crippen LogP contribution in [0, 0.1) is 17.1 Å². The fourth-order valence-corrected chi connectivity index (χ4v) is 2.70. The normalized spacial score (nSPS) is 17.0. The number of hydrogen-bond donors (Lipinski definition) is 1. The van der Waals surface area contributed by atoms with Crippen LogP contribution in [0.2, 0.25) is 0 Å². The van der Waals surface area contributed by atoms with Gasteiger partial charge in [-0.15, -0.1) is 0 Å². The molecule has 2 aromatic carbocycles. The van der Waals surface area contributed by atoms with Crippen LogP contribution in [-0.2, 0) is 6.54 Å². The van der Waals surface area contributed by atoms with Crippen LogP contribution in [0.1, 0.15) is 35.6 Å². The number of hydrogen-bond acceptors (Lipinski definition) is 3. The minimum absolute atomic E-state index is 0.0730. The van der Waals surface area contributed by atoms with E-state index in [4.69, 9.17) is 10.00 Å². The zero-order valence-electron chi connectivity index (χ0n) is 12.2. The highest BCUT2D eigenvalue weighted by atomic mass is 19.1. The number of halogens is 1. The Morgan fingerprint density at radius 1 is 1.23 bits per heavy atom. The quantitative estimate of drug-likeness (QED) is 0.939. The van der Waals surface area contributed by atoms with Gasteiger partial charge in [0.15, 0.2) is 0 Å². The van der Waals surface area contributed by atoms with Gasteiger partial charge in [0.1, 0.15) is 11.6 Å². The highest BCUT2D eigenvalue weighted by Gasteiger charge is 2.20. The first-order valence-corrected chi connectivity index (χ1v) is 7.41. The highest BCUT2D eigenvalue weighted by Crippen LogP contribution is 2.32. The van der Waals surface area contributed by atoms with Crippen molar-refractivity contribution in [3.05, 3.63) is 65.0 Å². The van der Waals surface area contributed by atoms with Gasteiger partial charge in [-0.3, -0.25) is 0 Å². The molecule has 0 aromatic heterocycles. The van der Waals surface area contributed by atoms with Gasteiger partial charge in [0, 0.05) is 18.2 Å². The molecule has 1 N–H and O–H groups in total. The summed E-state index contributed by atoms with van der Waals surface area (Å²) < 4.78 is 19.2. The summed E-state index contributed by atoms with van der Waals surface area (Å²) in [6, 6.07) is 14.4. The largest absolute Gasteiger partial charge is 0.493 e. The van der Waals surface area contributed by atoms with Crippen LogP contribution in [0.5, 0.6) is 5.75 Å². The molecular formula is C18H17FN2O. The van der Waals surface area contributed by atoms with E-state index in [0.717, 1.165) is 29.7 Å². The maximum Gasteiger partial charge on any atom is 0.124 e. The van der Waals surface area contributed by atoms with Gasteiger partial charge in [-0.05, 0) is 48.7 Å². The number of nitrogens with one attached hydrogen (secondary N) is 1. The average Bonchev–Trinajstić information content (AvgIpc) is 2.75. The number of nitriles is 1. The van der Waals surface area contributed by atoms with Gasteiger partial charge in [-0.25, -0.2) is 4.39 Å². The fraction of sp³-hybridized carbons (Fsp3) is 0.278. The molecule has 0 amide bonds. The van der Waals surface area contributed by atoms with Crippen LogP contribution in [0.15, 0.2) is 42.5 Å². The summed E-state index contributed by atoms with van der Waals surface area (Å²) in [4.78, 5) is 0. The summed E-state index contributed by atoms with van der Waals surface area (Å²) in [5.74, 6) is 0.519. The Kier molecular flexibility index (Phi) is 4.36. The van der Waals surface area contributed by atoms with Crippen LogP contribution in [0.25, 0.3) is 0 Å². The van der Waals surface area contributed by atoms with Crippen LogP contribution >= 0.6 is 0 Å². The molecule has 0 saturated heterocycles. The van der Waals surface area contributed by atoms with E-state index in [0.29, 0.717) is 18.7 Å². The molecule has 112 valence electrons. The third-order valence-corrected chi connectivity index (χ3v) is 3.88. The summed E-state index contributed by atoms with van der Waals surface area (Å²) in [5.41, 5.74) is 2.63.